The van der Waals surface area contributed by atoms with E-state index in [9.17, 15) is 39.5 Å². The molecule has 4 aromatic carbocycles. The number of anilines is 2. The third-order valence-electron chi connectivity index (χ3n) is 5.43. The van der Waals surface area contributed by atoms with Crippen molar-refractivity contribution < 1.29 is 44.0 Å². The van der Waals surface area contributed by atoms with Crippen LogP contribution in [0.3, 0.4) is 0 Å². The Kier molecular flexibility index (Phi) is 7.52. The highest BCUT2D eigenvalue weighted by atomic mass is 32.2. The Balaban J connectivity index is 1.97. The number of rotatable bonds is 7. The van der Waals surface area contributed by atoms with Crippen molar-refractivity contribution in [2.45, 2.75) is 14.7 Å². The minimum absolute atomic E-state index is 0.0640. The highest BCUT2D eigenvalue weighted by molar-refractivity contribution is 7.86. The molecule has 0 bridgehead atoms. The first kappa shape index (κ1) is 29.5. The van der Waals surface area contributed by atoms with Crippen LogP contribution in [0.25, 0.3) is 10.8 Å². The fourth-order valence-corrected chi connectivity index (χ4v) is 5.35. The van der Waals surface area contributed by atoms with Crippen LogP contribution in [0.5, 0.6) is 5.75 Å². The van der Waals surface area contributed by atoms with Crippen molar-refractivity contribution in [1.29, 1.82) is 0 Å². The average Bonchev–Trinajstić information content (AvgIpc) is 2.86. The zero-order chi connectivity index (χ0) is 30.3. The third-order valence-corrected chi connectivity index (χ3v) is 8.03. The second-order valence-electron chi connectivity index (χ2n) is 8.22. The molecule has 0 spiro atoms. The van der Waals surface area contributed by atoms with E-state index in [0.29, 0.717) is 5.69 Å². The Bertz CT molecular complexity index is 2080. The van der Waals surface area contributed by atoms with E-state index in [4.69, 9.17) is 16.0 Å². The number of hydrogen-bond acceptors (Lipinski definition) is 13. The molecule has 0 saturated heterocycles. The minimum Gasteiger partial charge on any atom is -0.505 e. The van der Waals surface area contributed by atoms with Crippen LogP contribution in [0, 0.1) is 0 Å². The molecule has 16 nitrogen and oxygen atoms in total. The van der Waals surface area contributed by atoms with Crippen molar-refractivity contribution in [3.8, 4) is 5.75 Å². The van der Waals surface area contributed by atoms with Gasteiger partial charge in [-0.25, -0.2) is 0 Å². The van der Waals surface area contributed by atoms with Gasteiger partial charge in [-0.1, -0.05) is 0 Å². The Morgan fingerprint density at radius 2 is 1.02 bits per heavy atom. The van der Waals surface area contributed by atoms with Crippen molar-refractivity contribution >= 4 is 75.3 Å². The van der Waals surface area contributed by atoms with Crippen molar-refractivity contribution in [1.82, 2.24) is 0 Å². The molecule has 0 aromatic heterocycles. The molecule has 0 atom stereocenters. The predicted molar refractivity (Wildman–Crippen MR) is 145 cm³/mol. The lowest BCUT2D eigenvalue weighted by molar-refractivity contribution is 0.472. The van der Waals surface area contributed by atoms with Gasteiger partial charge < -0.3 is 16.6 Å². The van der Waals surface area contributed by atoms with Gasteiger partial charge in [-0.15, -0.1) is 10.2 Å². The van der Waals surface area contributed by atoms with Gasteiger partial charge in [0.25, 0.3) is 30.4 Å². The molecule has 214 valence electrons. The van der Waals surface area contributed by atoms with Crippen molar-refractivity contribution in [2.75, 3.05) is 11.5 Å². The van der Waals surface area contributed by atoms with Gasteiger partial charge >= 0.3 is 0 Å². The number of nitrogens with two attached hydrogens (primary N) is 2. The number of phenols is 1. The van der Waals surface area contributed by atoms with Gasteiger partial charge in [-0.2, -0.15) is 35.5 Å². The predicted octanol–water partition coefficient (Wildman–Crippen LogP) is 4.28. The van der Waals surface area contributed by atoms with E-state index in [1.54, 1.807) is 0 Å². The van der Waals surface area contributed by atoms with E-state index < -0.39 is 67.9 Å². The van der Waals surface area contributed by atoms with Crippen LogP contribution >= 0.6 is 0 Å². The fourth-order valence-electron chi connectivity index (χ4n) is 3.55. The maximum Gasteiger partial charge on any atom is 0.296 e. The molecular formula is C22H18N6O10S3. The molecule has 0 fully saturated rings. The van der Waals surface area contributed by atoms with Crippen molar-refractivity contribution in [3.63, 3.8) is 0 Å². The first-order chi connectivity index (χ1) is 19.0. The van der Waals surface area contributed by atoms with Gasteiger partial charge in [0.05, 0.1) is 27.3 Å². The number of fused-ring (bicyclic) bond motifs is 1. The molecule has 8 N–H and O–H groups in total. The molecule has 0 unspecified atom stereocenters. The van der Waals surface area contributed by atoms with Crippen molar-refractivity contribution in [3.05, 3.63) is 60.7 Å². The quantitative estimate of drug-likeness (QED) is 0.0956. The van der Waals surface area contributed by atoms with Gasteiger partial charge in [-0.3, -0.25) is 13.7 Å². The lowest BCUT2D eigenvalue weighted by atomic mass is 10.1. The van der Waals surface area contributed by atoms with Crippen molar-refractivity contribution in [2.24, 2.45) is 20.5 Å². The summed E-state index contributed by atoms with van der Waals surface area (Å²) in [6.45, 7) is 0. The topological polar surface area (TPSA) is 285 Å². The summed E-state index contributed by atoms with van der Waals surface area (Å²) in [4.78, 5) is -2.37. The molecule has 4 aromatic rings. The molecule has 0 aliphatic heterocycles. The number of benzene rings is 4. The lowest BCUT2D eigenvalue weighted by Crippen LogP contribution is -2.03. The number of nitrogen functional groups attached to an aromatic ring is 2. The number of hydrogen-bond donors (Lipinski definition) is 6. The normalized spacial score (nSPS) is 13.0. The van der Waals surface area contributed by atoms with Gasteiger partial charge in [0.2, 0.25) is 0 Å². The van der Waals surface area contributed by atoms with Crippen LogP contribution in [0.1, 0.15) is 0 Å². The summed E-state index contributed by atoms with van der Waals surface area (Å²) < 4.78 is 99.7. The second kappa shape index (κ2) is 10.5. The molecule has 0 aliphatic rings. The van der Waals surface area contributed by atoms with Crippen LogP contribution < -0.4 is 11.5 Å². The largest absolute Gasteiger partial charge is 0.505 e. The third kappa shape index (κ3) is 6.29. The van der Waals surface area contributed by atoms with Gasteiger partial charge in [0.15, 0.2) is 5.75 Å². The summed E-state index contributed by atoms with van der Waals surface area (Å²) in [5.74, 6) is -0.975. The number of aromatic hydroxyl groups is 1. The molecule has 0 amide bonds. The molecule has 0 radical (unpaired) electrons. The number of phenolic OH excluding ortho intramolecular Hbond substituents is 1. The number of azo groups is 2. The van der Waals surface area contributed by atoms with Gasteiger partial charge in [0.1, 0.15) is 21.2 Å². The fraction of sp³-hybridized carbons (Fsp3) is 0. The summed E-state index contributed by atoms with van der Waals surface area (Å²) in [7, 11) is -14.7. The molecule has 41 heavy (non-hydrogen) atoms. The molecular weight excluding hydrogens is 604 g/mol. The van der Waals surface area contributed by atoms with Crippen LogP contribution in [-0.4, -0.2) is 44.0 Å². The smallest absolute Gasteiger partial charge is 0.296 e. The van der Waals surface area contributed by atoms with E-state index in [2.05, 4.69) is 20.5 Å². The van der Waals surface area contributed by atoms with Crippen LogP contribution in [0.15, 0.2) is 95.8 Å². The second-order valence-corrected chi connectivity index (χ2v) is 12.4. The Morgan fingerprint density at radius 3 is 1.49 bits per heavy atom. The number of nitrogens with zero attached hydrogens (tertiary/aromatic N) is 4. The van der Waals surface area contributed by atoms with Gasteiger partial charge in [-0.05, 0) is 66.0 Å². The SMILES string of the molecule is Nc1ccc(N=Nc2c(S(=O)(=O)O)cc3cc(S(=O)(=O)O)c(N=Nc4ccc(S(=O)(=O)O)cc4)c(O)c3c2N)cc1. The lowest BCUT2D eigenvalue weighted by Gasteiger charge is -2.14. The minimum atomic E-state index is -5.13. The van der Waals surface area contributed by atoms with Crippen LogP contribution in [0.2, 0.25) is 0 Å². The van der Waals surface area contributed by atoms with E-state index >= 15 is 0 Å². The maximum absolute atomic E-state index is 12.1. The van der Waals surface area contributed by atoms with E-state index in [1.807, 2.05) is 0 Å². The van der Waals surface area contributed by atoms with E-state index in [1.165, 1.54) is 24.3 Å². The molecule has 19 heteroatoms. The Labute approximate surface area is 231 Å². The highest BCUT2D eigenvalue weighted by Gasteiger charge is 2.28. The molecule has 4 rings (SSSR count). The zero-order valence-corrected chi connectivity index (χ0v) is 22.6. The Hall–Kier alpha value is -4.53. The van der Waals surface area contributed by atoms with E-state index in [-0.39, 0.29) is 22.1 Å². The summed E-state index contributed by atoms with van der Waals surface area (Å²) >= 11 is 0. The summed E-state index contributed by atoms with van der Waals surface area (Å²) in [5, 5.41) is 25.3. The zero-order valence-electron chi connectivity index (χ0n) is 20.2. The summed E-state index contributed by atoms with van der Waals surface area (Å²) in [6, 6.07) is 11.5. The summed E-state index contributed by atoms with van der Waals surface area (Å²) in [6.07, 6.45) is 0. The molecule has 0 aliphatic carbocycles. The molecule has 0 heterocycles. The van der Waals surface area contributed by atoms with Crippen LogP contribution in [0.4, 0.5) is 34.1 Å². The summed E-state index contributed by atoms with van der Waals surface area (Å²) in [5.41, 5.74) is 10.3. The monoisotopic (exact) mass is 622 g/mol. The Morgan fingerprint density at radius 1 is 0.585 bits per heavy atom. The first-order valence-corrected chi connectivity index (χ1v) is 15.1. The maximum atomic E-state index is 12.1. The average molecular weight is 623 g/mol. The van der Waals surface area contributed by atoms with E-state index in [0.717, 1.165) is 36.4 Å². The first-order valence-electron chi connectivity index (χ1n) is 10.8. The molecule has 0 saturated carbocycles. The standard InChI is InChI=1S/C22H18N6O10S3/c23-12-1-3-13(4-2-12)25-27-20-16(40(33,34)35)9-11-10-17(41(36,37)38)21(22(29)18(11)19(20)24)28-26-14-5-7-15(8-6-14)39(30,31)32/h1-10,29H,23-24H2,(H,30,31,32)(H,33,34,35)(H,36,37,38). The van der Waals surface area contributed by atoms with Gasteiger partial charge in [0, 0.05) is 5.69 Å². The highest BCUT2D eigenvalue weighted by Crippen LogP contribution is 2.48. The van der Waals surface area contributed by atoms with Crippen LogP contribution in [-0.2, 0) is 30.4 Å².